The van der Waals surface area contributed by atoms with E-state index < -0.39 is 7.37 Å². The summed E-state index contributed by atoms with van der Waals surface area (Å²) in [6, 6.07) is 9.41. The highest BCUT2D eigenvalue weighted by Crippen LogP contribution is 2.54. The number of hydrogen-bond donors (Lipinski definition) is 2. The van der Waals surface area contributed by atoms with Gasteiger partial charge in [-0.05, 0) is 47.5 Å². The van der Waals surface area contributed by atoms with Gasteiger partial charge in [-0.2, -0.15) is 0 Å². The third kappa shape index (κ3) is 1.33. The van der Waals surface area contributed by atoms with E-state index in [0.29, 0.717) is 10.6 Å². The minimum Gasteiger partial charge on any atom is -0.508 e. The van der Waals surface area contributed by atoms with Crippen molar-refractivity contribution in [3.05, 3.63) is 36.4 Å². The highest BCUT2D eigenvalue weighted by Gasteiger charge is 2.39. The number of phenolic OH excluding ortho intramolecular Hbond substituents is 2. The lowest BCUT2D eigenvalue weighted by atomic mass is 10.1. The van der Waals surface area contributed by atoms with Crippen LogP contribution in [0.5, 0.6) is 11.5 Å². The molecular formula is C13H11O4P. The van der Waals surface area contributed by atoms with Crippen molar-refractivity contribution in [2.24, 2.45) is 0 Å². The van der Waals surface area contributed by atoms with Crippen LogP contribution in [-0.4, -0.2) is 17.3 Å². The molecule has 18 heavy (non-hydrogen) atoms. The lowest BCUT2D eigenvalue weighted by Gasteiger charge is -2.12. The van der Waals surface area contributed by atoms with E-state index >= 15 is 0 Å². The molecule has 0 saturated carbocycles. The molecule has 0 unspecified atom stereocenters. The van der Waals surface area contributed by atoms with Gasteiger partial charge in [-0.25, -0.2) is 0 Å². The normalized spacial score (nSPS) is 15.2. The summed E-state index contributed by atoms with van der Waals surface area (Å²) in [6.45, 7) is 0. The van der Waals surface area contributed by atoms with Crippen LogP contribution < -0.4 is 10.6 Å². The van der Waals surface area contributed by atoms with Gasteiger partial charge in [-0.1, -0.05) is 0 Å². The van der Waals surface area contributed by atoms with E-state index in [1.807, 2.05) is 0 Å². The molecule has 5 heteroatoms. The van der Waals surface area contributed by atoms with Gasteiger partial charge in [-0.3, -0.25) is 4.57 Å². The topological polar surface area (TPSA) is 66.8 Å². The minimum atomic E-state index is -3.20. The van der Waals surface area contributed by atoms with Crippen molar-refractivity contribution in [2.75, 3.05) is 7.11 Å². The van der Waals surface area contributed by atoms with E-state index in [0.717, 1.165) is 11.1 Å². The van der Waals surface area contributed by atoms with Gasteiger partial charge in [0.15, 0.2) is 0 Å². The Labute approximate surface area is 104 Å². The summed E-state index contributed by atoms with van der Waals surface area (Å²) >= 11 is 0. The van der Waals surface area contributed by atoms with Crippen LogP contribution in [0, 0.1) is 0 Å². The molecule has 2 N–H and O–H groups in total. The molecule has 0 spiro atoms. The maximum atomic E-state index is 12.9. The van der Waals surface area contributed by atoms with Gasteiger partial charge in [0.05, 0.1) is 10.6 Å². The second kappa shape index (κ2) is 3.61. The van der Waals surface area contributed by atoms with Crippen LogP contribution in [0.3, 0.4) is 0 Å². The van der Waals surface area contributed by atoms with E-state index in [1.165, 1.54) is 19.2 Å². The molecule has 0 fully saturated rings. The molecule has 2 aromatic carbocycles. The Kier molecular flexibility index (Phi) is 2.27. The third-order valence-electron chi connectivity index (χ3n) is 3.14. The van der Waals surface area contributed by atoms with Crippen molar-refractivity contribution < 1.29 is 19.3 Å². The van der Waals surface area contributed by atoms with E-state index in [9.17, 15) is 14.8 Å². The lowest BCUT2D eigenvalue weighted by molar-refractivity contribution is 0.412. The van der Waals surface area contributed by atoms with Crippen molar-refractivity contribution in [2.45, 2.75) is 0 Å². The molecule has 0 aromatic heterocycles. The Hall–Kier alpha value is -1.77. The van der Waals surface area contributed by atoms with Gasteiger partial charge in [0.1, 0.15) is 11.5 Å². The predicted molar refractivity (Wildman–Crippen MR) is 69.1 cm³/mol. The molecule has 2 aromatic rings. The maximum absolute atomic E-state index is 12.9. The van der Waals surface area contributed by atoms with Gasteiger partial charge in [0, 0.05) is 7.11 Å². The molecule has 0 radical (unpaired) electrons. The number of rotatable bonds is 1. The molecule has 4 nitrogen and oxygen atoms in total. The zero-order valence-corrected chi connectivity index (χ0v) is 10.5. The summed E-state index contributed by atoms with van der Waals surface area (Å²) in [6.07, 6.45) is 0. The summed E-state index contributed by atoms with van der Waals surface area (Å²) in [4.78, 5) is 0. The summed E-state index contributed by atoms with van der Waals surface area (Å²) < 4.78 is 18.1. The standard InChI is InChI=1S/C13H11O4P/c1-17-18(16)12-6-8(14)2-4-10(12)11-5-3-9(15)7-13(11)18/h2-7,14-15H,1H3. The van der Waals surface area contributed by atoms with Crippen LogP contribution in [0.25, 0.3) is 11.1 Å². The monoisotopic (exact) mass is 262 g/mol. The molecule has 1 heterocycles. The summed E-state index contributed by atoms with van der Waals surface area (Å²) in [7, 11) is -1.84. The number of hydrogen-bond acceptors (Lipinski definition) is 4. The first-order valence-electron chi connectivity index (χ1n) is 5.39. The van der Waals surface area contributed by atoms with Crippen molar-refractivity contribution in [3.63, 3.8) is 0 Å². The van der Waals surface area contributed by atoms with Gasteiger partial charge < -0.3 is 14.7 Å². The Balaban J connectivity index is 2.41. The lowest BCUT2D eigenvalue weighted by Crippen LogP contribution is -2.10. The molecule has 0 bridgehead atoms. The molecule has 92 valence electrons. The first kappa shape index (κ1) is 11.3. The SMILES string of the molecule is COP1(=O)c2cc(O)ccc2-c2ccc(O)cc21. The Morgan fingerprint density at radius 2 is 1.39 bits per heavy atom. The first-order valence-corrected chi connectivity index (χ1v) is 7.02. The first-order chi connectivity index (χ1) is 8.56. The highest BCUT2D eigenvalue weighted by molar-refractivity contribution is 7.75. The Bertz CT molecular complexity index is 638. The molecule has 1 aliphatic rings. The molecule has 1 aliphatic heterocycles. The fraction of sp³-hybridized carbons (Fsp3) is 0.0769. The van der Waals surface area contributed by atoms with Crippen LogP contribution in [0.1, 0.15) is 0 Å². The fourth-order valence-electron chi connectivity index (χ4n) is 2.31. The van der Waals surface area contributed by atoms with Gasteiger partial charge in [0.25, 0.3) is 7.37 Å². The number of benzene rings is 2. The van der Waals surface area contributed by atoms with Crippen LogP contribution >= 0.6 is 7.37 Å². The van der Waals surface area contributed by atoms with Crippen molar-refractivity contribution >= 4 is 18.0 Å². The van der Waals surface area contributed by atoms with E-state index in [-0.39, 0.29) is 11.5 Å². The molecule has 0 atom stereocenters. The van der Waals surface area contributed by atoms with Crippen LogP contribution in [0.2, 0.25) is 0 Å². The van der Waals surface area contributed by atoms with Crippen molar-refractivity contribution in [1.29, 1.82) is 0 Å². The van der Waals surface area contributed by atoms with E-state index in [1.54, 1.807) is 24.3 Å². The predicted octanol–water partition coefficient (Wildman–Crippen LogP) is 1.95. The zero-order valence-electron chi connectivity index (χ0n) is 9.62. The number of aromatic hydroxyl groups is 2. The fourth-order valence-corrected chi connectivity index (χ4v) is 4.59. The summed E-state index contributed by atoms with van der Waals surface area (Å²) in [5.74, 6) is 0.0890. The molecule has 0 aliphatic carbocycles. The van der Waals surface area contributed by atoms with Crippen molar-refractivity contribution in [1.82, 2.24) is 0 Å². The largest absolute Gasteiger partial charge is 0.508 e. The number of fused-ring (bicyclic) bond motifs is 3. The van der Waals surface area contributed by atoms with E-state index in [2.05, 4.69) is 0 Å². The Morgan fingerprint density at radius 3 is 1.78 bits per heavy atom. The zero-order chi connectivity index (χ0) is 12.9. The molecule has 0 saturated heterocycles. The van der Waals surface area contributed by atoms with E-state index in [4.69, 9.17) is 4.52 Å². The molecular weight excluding hydrogens is 251 g/mol. The summed E-state index contributed by atoms with van der Waals surface area (Å²) in [5.41, 5.74) is 1.54. The van der Waals surface area contributed by atoms with Crippen molar-refractivity contribution in [3.8, 4) is 22.6 Å². The maximum Gasteiger partial charge on any atom is 0.262 e. The molecule has 0 amide bonds. The quantitative estimate of drug-likeness (QED) is 0.771. The second-order valence-electron chi connectivity index (χ2n) is 4.14. The van der Waals surface area contributed by atoms with Gasteiger partial charge >= 0.3 is 0 Å². The van der Waals surface area contributed by atoms with Crippen LogP contribution in [0.15, 0.2) is 36.4 Å². The Morgan fingerprint density at radius 1 is 0.944 bits per heavy atom. The smallest absolute Gasteiger partial charge is 0.262 e. The highest BCUT2D eigenvalue weighted by atomic mass is 31.2. The summed E-state index contributed by atoms with van der Waals surface area (Å²) in [5, 5.41) is 20.0. The number of phenols is 2. The van der Waals surface area contributed by atoms with Crippen LogP contribution in [0.4, 0.5) is 0 Å². The molecule has 3 rings (SSSR count). The van der Waals surface area contributed by atoms with Gasteiger partial charge in [-0.15, -0.1) is 0 Å². The second-order valence-corrected chi connectivity index (χ2v) is 6.57. The minimum absolute atomic E-state index is 0.0445. The average molecular weight is 262 g/mol. The average Bonchev–Trinajstić information content (AvgIpc) is 2.60. The van der Waals surface area contributed by atoms with Gasteiger partial charge in [0.2, 0.25) is 0 Å². The third-order valence-corrected chi connectivity index (χ3v) is 5.67. The van der Waals surface area contributed by atoms with Crippen LogP contribution in [-0.2, 0) is 9.09 Å².